The van der Waals surface area contributed by atoms with Crippen LogP contribution in [0.5, 0.6) is 0 Å². The van der Waals surface area contributed by atoms with E-state index in [9.17, 15) is 13.2 Å². The molecule has 1 amide bonds. The van der Waals surface area contributed by atoms with Crippen LogP contribution in [-0.4, -0.2) is 123 Å². The summed E-state index contributed by atoms with van der Waals surface area (Å²) in [7, 11) is -1.47. The van der Waals surface area contributed by atoms with Crippen molar-refractivity contribution in [2.45, 2.75) is 0 Å². The minimum Gasteiger partial charge on any atom is -0.378 e. The van der Waals surface area contributed by atoms with Crippen molar-refractivity contribution in [3.63, 3.8) is 0 Å². The van der Waals surface area contributed by atoms with Gasteiger partial charge in [0.2, 0.25) is 0 Å². The molecule has 0 saturated carbocycles. The highest BCUT2D eigenvalue weighted by molar-refractivity contribution is 7.86. The van der Waals surface area contributed by atoms with Gasteiger partial charge in [0, 0.05) is 71.6 Å². The summed E-state index contributed by atoms with van der Waals surface area (Å²) >= 11 is 0. The second-order valence-corrected chi connectivity index (χ2v) is 9.83. The van der Waals surface area contributed by atoms with E-state index in [2.05, 4.69) is 14.8 Å². The molecule has 0 radical (unpaired) electrons. The average molecular weight is 439 g/mol. The predicted octanol–water partition coefficient (Wildman–Crippen LogP) is -0.832. The summed E-state index contributed by atoms with van der Waals surface area (Å²) in [5.41, 5.74) is 0.530. The average Bonchev–Trinajstić information content (AvgIpc) is 2.80. The van der Waals surface area contributed by atoms with Crippen LogP contribution in [0.1, 0.15) is 10.4 Å². The van der Waals surface area contributed by atoms with Gasteiger partial charge in [-0.3, -0.25) is 4.79 Å². The minimum absolute atomic E-state index is 0.104. The van der Waals surface area contributed by atoms with Crippen LogP contribution in [0.15, 0.2) is 18.3 Å². The van der Waals surface area contributed by atoms with E-state index >= 15 is 0 Å². The van der Waals surface area contributed by atoms with Gasteiger partial charge in [-0.25, -0.2) is 4.98 Å². The Morgan fingerprint density at radius 2 is 1.50 bits per heavy atom. The van der Waals surface area contributed by atoms with Gasteiger partial charge in [0.1, 0.15) is 5.82 Å². The summed E-state index contributed by atoms with van der Waals surface area (Å²) in [6, 6.07) is 3.67. The molecule has 0 bridgehead atoms. The van der Waals surface area contributed by atoms with Crippen LogP contribution in [0.2, 0.25) is 0 Å². The fourth-order valence-corrected chi connectivity index (χ4v) is 5.55. The molecule has 0 spiro atoms. The zero-order valence-electron chi connectivity index (χ0n) is 17.4. The number of rotatable bonds is 4. The molecule has 0 N–H and O–H groups in total. The lowest BCUT2D eigenvalue weighted by Crippen LogP contribution is -2.57. The van der Waals surface area contributed by atoms with Crippen LogP contribution in [0.25, 0.3) is 0 Å². The molecule has 4 heterocycles. The van der Waals surface area contributed by atoms with Gasteiger partial charge in [0.15, 0.2) is 0 Å². The number of carbonyl (C=O) groups is 1. The van der Waals surface area contributed by atoms with Crippen LogP contribution in [0.4, 0.5) is 5.82 Å². The van der Waals surface area contributed by atoms with Gasteiger partial charge >= 0.3 is 0 Å². The Morgan fingerprint density at radius 1 is 0.900 bits per heavy atom. The standard InChI is InChI=1S/C19H30N6O4S/c1-21-4-8-24(9-5-21)30(27,28)25-10-6-23(7-11-25)19(26)17-2-3-18(20-16-17)22-12-14-29-15-13-22/h2-3,16H,4-15H2,1H3. The maximum atomic E-state index is 12.9. The van der Waals surface area contributed by atoms with Gasteiger partial charge in [0.05, 0.1) is 18.8 Å². The molecule has 4 rings (SSSR count). The quantitative estimate of drug-likeness (QED) is 0.606. The largest absolute Gasteiger partial charge is 0.378 e. The molecule has 30 heavy (non-hydrogen) atoms. The first-order valence-electron chi connectivity index (χ1n) is 10.5. The summed E-state index contributed by atoms with van der Waals surface area (Å²) < 4.78 is 34.2. The lowest BCUT2D eigenvalue weighted by Gasteiger charge is -2.39. The summed E-state index contributed by atoms with van der Waals surface area (Å²) in [6.07, 6.45) is 1.61. The number of piperazine rings is 2. The molecule has 1 aromatic heterocycles. The maximum absolute atomic E-state index is 12.9. The highest BCUT2D eigenvalue weighted by Gasteiger charge is 2.34. The van der Waals surface area contributed by atoms with E-state index in [0.29, 0.717) is 58.0 Å². The third kappa shape index (κ3) is 4.59. The van der Waals surface area contributed by atoms with Crippen LogP contribution in [-0.2, 0) is 14.9 Å². The molecule has 166 valence electrons. The highest BCUT2D eigenvalue weighted by atomic mass is 32.2. The molecule has 0 atom stereocenters. The molecule has 1 aromatic rings. The van der Waals surface area contributed by atoms with E-state index in [4.69, 9.17) is 4.74 Å². The van der Waals surface area contributed by atoms with Gasteiger partial charge < -0.3 is 19.4 Å². The third-order valence-corrected chi connectivity index (χ3v) is 8.01. The van der Waals surface area contributed by atoms with Crippen molar-refractivity contribution in [1.82, 2.24) is 23.4 Å². The van der Waals surface area contributed by atoms with Crippen molar-refractivity contribution in [3.05, 3.63) is 23.9 Å². The second kappa shape index (κ2) is 9.15. The number of pyridine rings is 1. The fraction of sp³-hybridized carbons (Fsp3) is 0.684. The Labute approximate surface area is 178 Å². The molecule has 0 unspecified atom stereocenters. The molecular formula is C19H30N6O4S. The first-order chi connectivity index (χ1) is 14.4. The van der Waals surface area contributed by atoms with Crippen molar-refractivity contribution in [3.8, 4) is 0 Å². The number of morpholine rings is 1. The van der Waals surface area contributed by atoms with Gasteiger partial charge in [-0.2, -0.15) is 17.0 Å². The second-order valence-electron chi connectivity index (χ2n) is 7.91. The van der Waals surface area contributed by atoms with E-state index in [0.717, 1.165) is 32.0 Å². The zero-order valence-corrected chi connectivity index (χ0v) is 18.3. The summed E-state index contributed by atoms with van der Waals surface area (Å²) in [6.45, 7) is 6.88. The lowest BCUT2D eigenvalue weighted by atomic mass is 10.2. The number of ether oxygens (including phenoxy) is 1. The molecule has 11 heteroatoms. The molecule has 3 aliphatic heterocycles. The number of anilines is 1. The van der Waals surface area contributed by atoms with Gasteiger partial charge in [-0.05, 0) is 19.2 Å². The van der Waals surface area contributed by atoms with Crippen molar-refractivity contribution in [1.29, 1.82) is 0 Å². The number of nitrogens with zero attached hydrogens (tertiary/aromatic N) is 6. The van der Waals surface area contributed by atoms with Gasteiger partial charge in [-0.15, -0.1) is 0 Å². The molecule has 10 nitrogen and oxygen atoms in total. The summed E-state index contributed by atoms with van der Waals surface area (Å²) in [5.74, 6) is 0.741. The molecule has 3 saturated heterocycles. The van der Waals surface area contributed by atoms with Gasteiger partial charge in [0.25, 0.3) is 16.1 Å². The smallest absolute Gasteiger partial charge is 0.282 e. The van der Waals surface area contributed by atoms with E-state index in [1.54, 1.807) is 21.5 Å². The molecule has 0 aliphatic carbocycles. The number of amides is 1. The van der Waals surface area contributed by atoms with Crippen molar-refractivity contribution >= 4 is 21.9 Å². The third-order valence-electron chi connectivity index (χ3n) is 5.97. The predicted molar refractivity (Wildman–Crippen MR) is 113 cm³/mol. The summed E-state index contributed by atoms with van der Waals surface area (Å²) in [5, 5.41) is 0. The Morgan fingerprint density at radius 3 is 2.07 bits per heavy atom. The number of likely N-dealkylation sites (N-methyl/N-ethyl adjacent to an activating group) is 1. The van der Waals surface area contributed by atoms with E-state index in [1.165, 1.54) is 4.31 Å². The SMILES string of the molecule is CN1CCN(S(=O)(=O)N2CCN(C(=O)c3ccc(N4CCOCC4)nc3)CC2)CC1. The van der Waals surface area contributed by atoms with Crippen molar-refractivity contribution < 1.29 is 17.9 Å². The monoisotopic (exact) mass is 438 g/mol. The minimum atomic E-state index is -3.47. The molecule has 3 aliphatic rings. The Bertz CT molecular complexity index is 827. The van der Waals surface area contributed by atoms with E-state index < -0.39 is 10.2 Å². The Balaban J connectivity index is 1.33. The van der Waals surface area contributed by atoms with E-state index in [-0.39, 0.29) is 5.91 Å². The van der Waals surface area contributed by atoms with Crippen LogP contribution in [0.3, 0.4) is 0 Å². The molecule has 0 aromatic carbocycles. The van der Waals surface area contributed by atoms with Crippen LogP contribution >= 0.6 is 0 Å². The topological polar surface area (TPSA) is 89.5 Å². The zero-order chi connectivity index (χ0) is 21.1. The number of aromatic nitrogens is 1. The number of hydrogen-bond acceptors (Lipinski definition) is 7. The van der Waals surface area contributed by atoms with Crippen LogP contribution < -0.4 is 4.90 Å². The molecular weight excluding hydrogens is 408 g/mol. The Kier molecular flexibility index (Phi) is 6.54. The van der Waals surface area contributed by atoms with E-state index in [1.807, 2.05) is 13.1 Å². The number of hydrogen-bond donors (Lipinski definition) is 0. The lowest BCUT2D eigenvalue weighted by molar-refractivity contribution is 0.0691. The van der Waals surface area contributed by atoms with Crippen molar-refractivity contribution in [2.75, 3.05) is 90.6 Å². The van der Waals surface area contributed by atoms with Crippen molar-refractivity contribution in [2.24, 2.45) is 0 Å². The number of carbonyl (C=O) groups excluding carboxylic acids is 1. The maximum Gasteiger partial charge on any atom is 0.282 e. The first kappa shape index (κ1) is 21.4. The first-order valence-corrected chi connectivity index (χ1v) is 11.9. The normalized spacial score (nSPS) is 23.0. The van der Waals surface area contributed by atoms with Crippen LogP contribution in [0, 0.1) is 0 Å². The molecule has 3 fully saturated rings. The fourth-order valence-electron chi connectivity index (χ4n) is 3.98. The van der Waals surface area contributed by atoms with Gasteiger partial charge in [-0.1, -0.05) is 0 Å². The Hall–Kier alpha value is -1.79. The highest BCUT2D eigenvalue weighted by Crippen LogP contribution is 2.17. The summed E-state index contributed by atoms with van der Waals surface area (Å²) in [4.78, 5) is 23.3.